The standard InChI is InChI=1S/C23H25FN4O2.HI/c1-3-29-21-7-5-4-6-18(21)16-28-23(25-2)27-15-17-12-13-26-22(14-17)30-20-10-8-19(24)9-11-20;/h4-14H,3,15-16H2,1-2H3,(H2,25,27,28);1H. The van der Waals surface area contributed by atoms with Crippen LogP contribution in [0.5, 0.6) is 17.4 Å². The summed E-state index contributed by atoms with van der Waals surface area (Å²) in [6.07, 6.45) is 1.67. The number of guanidine groups is 1. The minimum absolute atomic E-state index is 0. The Morgan fingerprint density at radius 3 is 2.52 bits per heavy atom. The van der Waals surface area contributed by atoms with Crippen molar-refractivity contribution in [3.8, 4) is 17.4 Å². The van der Waals surface area contributed by atoms with Gasteiger partial charge in [0.25, 0.3) is 0 Å². The Morgan fingerprint density at radius 1 is 1.03 bits per heavy atom. The van der Waals surface area contributed by atoms with Crippen molar-refractivity contribution >= 4 is 29.9 Å². The number of hydrogen-bond acceptors (Lipinski definition) is 4. The molecule has 0 aliphatic rings. The maximum absolute atomic E-state index is 13.0. The molecule has 0 aliphatic carbocycles. The van der Waals surface area contributed by atoms with Crippen LogP contribution in [0.25, 0.3) is 0 Å². The molecule has 6 nitrogen and oxygen atoms in total. The van der Waals surface area contributed by atoms with Crippen LogP contribution in [0.15, 0.2) is 71.9 Å². The molecular formula is C23H26FIN4O2. The molecule has 2 N–H and O–H groups in total. The van der Waals surface area contributed by atoms with Gasteiger partial charge < -0.3 is 20.1 Å². The number of pyridine rings is 1. The Labute approximate surface area is 198 Å². The summed E-state index contributed by atoms with van der Waals surface area (Å²) in [7, 11) is 1.72. The van der Waals surface area contributed by atoms with Gasteiger partial charge in [-0.15, -0.1) is 24.0 Å². The van der Waals surface area contributed by atoms with Gasteiger partial charge in [0, 0.05) is 38.0 Å². The first kappa shape index (κ1) is 24.4. The number of benzene rings is 2. The number of aromatic nitrogens is 1. The summed E-state index contributed by atoms with van der Waals surface area (Å²) in [5, 5.41) is 6.56. The molecule has 0 unspecified atom stereocenters. The average molecular weight is 536 g/mol. The maximum Gasteiger partial charge on any atom is 0.219 e. The summed E-state index contributed by atoms with van der Waals surface area (Å²) in [6.45, 7) is 3.71. The van der Waals surface area contributed by atoms with Gasteiger partial charge in [-0.05, 0) is 48.9 Å². The molecular weight excluding hydrogens is 510 g/mol. The van der Waals surface area contributed by atoms with E-state index in [9.17, 15) is 4.39 Å². The van der Waals surface area contributed by atoms with Crippen molar-refractivity contribution in [2.24, 2.45) is 4.99 Å². The molecule has 31 heavy (non-hydrogen) atoms. The van der Waals surface area contributed by atoms with Gasteiger partial charge >= 0.3 is 0 Å². The number of para-hydroxylation sites is 1. The van der Waals surface area contributed by atoms with Gasteiger partial charge in [0.05, 0.1) is 6.61 Å². The van der Waals surface area contributed by atoms with Crippen LogP contribution >= 0.6 is 24.0 Å². The van der Waals surface area contributed by atoms with Crippen molar-refractivity contribution in [3.05, 3.63) is 83.8 Å². The Bertz CT molecular complexity index is 983. The topological polar surface area (TPSA) is 67.8 Å². The average Bonchev–Trinajstić information content (AvgIpc) is 2.77. The van der Waals surface area contributed by atoms with E-state index in [0.29, 0.717) is 37.3 Å². The number of ether oxygens (including phenoxy) is 2. The molecule has 0 fully saturated rings. The maximum atomic E-state index is 13.0. The molecule has 0 bridgehead atoms. The lowest BCUT2D eigenvalue weighted by Gasteiger charge is -2.14. The van der Waals surface area contributed by atoms with E-state index in [-0.39, 0.29) is 29.8 Å². The first-order chi connectivity index (χ1) is 14.7. The molecule has 1 aromatic heterocycles. The molecule has 0 saturated heterocycles. The monoisotopic (exact) mass is 536 g/mol. The van der Waals surface area contributed by atoms with E-state index >= 15 is 0 Å². The second kappa shape index (κ2) is 12.7. The number of nitrogens with zero attached hydrogens (tertiary/aromatic N) is 2. The molecule has 8 heteroatoms. The highest BCUT2D eigenvalue weighted by atomic mass is 127. The molecule has 0 aliphatic heterocycles. The van der Waals surface area contributed by atoms with Gasteiger partial charge in [-0.1, -0.05) is 18.2 Å². The van der Waals surface area contributed by atoms with Crippen molar-refractivity contribution in [3.63, 3.8) is 0 Å². The highest BCUT2D eigenvalue weighted by Crippen LogP contribution is 2.20. The lowest BCUT2D eigenvalue weighted by molar-refractivity contribution is 0.336. The van der Waals surface area contributed by atoms with Crippen LogP contribution in [-0.2, 0) is 13.1 Å². The second-order valence-corrected chi connectivity index (χ2v) is 6.38. The minimum atomic E-state index is -0.309. The molecule has 1 heterocycles. The number of halogens is 2. The van der Waals surface area contributed by atoms with E-state index in [4.69, 9.17) is 9.47 Å². The Morgan fingerprint density at radius 2 is 1.77 bits per heavy atom. The molecule has 2 aromatic carbocycles. The second-order valence-electron chi connectivity index (χ2n) is 6.38. The van der Waals surface area contributed by atoms with E-state index in [2.05, 4.69) is 20.6 Å². The van der Waals surface area contributed by atoms with Crippen molar-refractivity contribution in [1.29, 1.82) is 0 Å². The van der Waals surface area contributed by atoms with Crippen LogP contribution in [0.2, 0.25) is 0 Å². The molecule has 0 amide bonds. The van der Waals surface area contributed by atoms with Crippen LogP contribution in [0.4, 0.5) is 4.39 Å². The predicted octanol–water partition coefficient (Wildman–Crippen LogP) is 4.89. The van der Waals surface area contributed by atoms with Crippen molar-refractivity contribution in [1.82, 2.24) is 15.6 Å². The highest BCUT2D eigenvalue weighted by molar-refractivity contribution is 14.0. The fourth-order valence-corrected chi connectivity index (χ4v) is 2.77. The number of hydrogen-bond donors (Lipinski definition) is 2. The predicted molar refractivity (Wildman–Crippen MR) is 131 cm³/mol. The smallest absolute Gasteiger partial charge is 0.219 e. The first-order valence-electron chi connectivity index (χ1n) is 9.71. The quantitative estimate of drug-likeness (QED) is 0.244. The van der Waals surface area contributed by atoms with Gasteiger partial charge in [-0.25, -0.2) is 9.37 Å². The molecule has 3 rings (SSSR count). The minimum Gasteiger partial charge on any atom is -0.494 e. The summed E-state index contributed by atoms with van der Waals surface area (Å²) in [6, 6.07) is 17.5. The normalized spacial score (nSPS) is 10.7. The third-order valence-electron chi connectivity index (χ3n) is 4.24. The molecule has 0 atom stereocenters. The van der Waals surface area contributed by atoms with Gasteiger partial charge in [-0.2, -0.15) is 0 Å². The van der Waals surface area contributed by atoms with Crippen LogP contribution < -0.4 is 20.1 Å². The highest BCUT2D eigenvalue weighted by Gasteiger charge is 2.05. The van der Waals surface area contributed by atoms with E-state index in [1.807, 2.05) is 43.3 Å². The largest absolute Gasteiger partial charge is 0.494 e. The van der Waals surface area contributed by atoms with E-state index in [0.717, 1.165) is 16.9 Å². The molecule has 0 saturated carbocycles. The van der Waals surface area contributed by atoms with Crippen molar-refractivity contribution in [2.45, 2.75) is 20.0 Å². The van der Waals surface area contributed by atoms with Crippen LogP contribution in [0.1, 0.15) is 18.1 Å². The lowest BCUT2D eigenvalue weighted by atomic mass is 10.2. The van der Waals surface area contributed by atoms with Crippen LogP contribution in [-0.4, -0.2) is 24.6 Å². The third-order valence-corrected chi connectivity index (χ3v) is 4.24. The molecule has 0 spiro atoms. The van der Waals surface area contributed by atoms with Crippen LogP contribution in [0.3, 0.4) is 0 Å². The lowest BCUT2D eigenvalue weighted by Crippen LogP contribution is -2.36. The summed E-state index contributed by atoms with van der Waals surface area (Å²) < 4.78 is 24.4. The Kier molecular flexibility index (Phi) is 10.0. The van der Waals surface area contributed by atoms with E-state index < -0.39 is 0 Å². The number of nitrogens with one attached hydrogen (secondary N) is 2. The third kappa shape index (κ3) is 7.71. The molecule has 164 valence electrons. The fourth-order valence-electron chi connectivity index (χ4n) is 2.77. The first-order valence-corrected chi connectivity index (χ1v) is 9.71. The zero-order valence-electron chi connectivity index (χ0n) is 17.5. The van der Waals surface area contributed by atoms with E-state index in [1.165, 1.54) is 12.1 Å². The zero-order valence-corrected chi connectivity index (χ0v) is 19.8. The number of rotatable bonds is 8. The van der Waals surface area contributed by atoms with Gasteiger partial charge in [-0.3, -0.25) is 4.99 Å². The van der Waals surface area contributed by atoms with Gasteiger partial charge in [0.2, 0.25) is 5.88 Å². The van der Waals surface area contributed by atoms with Crippen LogP contribution in [0, 0.1) is 5.82 Å². The Balaban J connectivity index is 0.00000341. The summed E-state index contributed by atoms with van der Waals surface area (Å²) in [4.78, 5) is 8.47. The SMILES string of the molecule is CCOc1ccccc1CNC(=NC)NCc1ccnc(Oc2ccc(F)cc2)c1.I. The molecule has 3 aromatic rings. The fraction of sp³-hybridized carbons (Fsp3) is 0.217. The summed E-state index contributed by atoms with van der Waals surface area (Å²) in [5.74, 6) is 2.18. The van der Waals surface area contributed by atoms with Gasteiger partial charge in [0.1, 0.15) is 17.3 Å². The zero-order chi connectivity index (χ0) is 21.2. The summed E-state index contributed by atoms with van der Waals surface area (Å²) in [5.41, 5.74) is 2.03. The van der Waals surface area contributed by atoms with Crippen molar-refractivity contribution in [2.75, 3.05) is 13.7 Å². The van der Waals surface area contributed by atoms with Gasteiger partial charge in [0.15, 0.2) is 5.96 Å². The van der Waals surface area contributed by atoms with Crippen molar-refractivity contribution < 1.29 is 13.9 Å². The summed E-state index contributed by atoms with van der Waals surface area (Å²) >= 11 is 0. The molecule has 0 radical (unpaired) electrons. The Hall–Kier alpha value is -2.88. The number of aliphatic imine (C=N–C) groups is 1. The van der Waals surface area contributed by atoms with E-state index in [1.54, 1.807) is 25.4 Å².